The topological polar surface area (TPSA) is 81.2 Å². The summed E-state index contributed by atoms with van der Waals surface area (Å²) in [5, 5.41) is 10.7. The molecule has 37 heavy (non-hydrogen) atoms. The number of rotatable bonds is 5. The number of amides is 3. The Labute approximate surface area is 227 Å². The maximum absolute atomic E-state index is 14.6. The Morgan fingerprint density at radius 1 is 1.14 bits per heavy atom. The number of carbonyl (C=O) groups is 3. The Bertz CT molecular complexity index is 1170. The van der Waals surface area contributed by atoms with Crippen molar-refractivity contribution in [2.24, 2.45) is 17.8 Å². The molecule has 1 unspecified atom stereocenters. The highest BCUT2D eigenvalue weighted by Crippen LogP contribution is 2.61. The number of benzene rings is 1. The van der Waals surface area contributed by atoms with E-state index in [-0.39, 0.29) is 35.5 Å². The Kier molecular flexibility index (Phi) is 6.96. The molecule has 4 heterocycles. The molecule has 0 saturated carbocycles. The van der Waals surface area contributed by atoms with Crippen molar-refractivity contribution in [3.05, 3.63) is 53.1 Å². The molecule has 4 aliphatic rings. The second-order valence-corrected chi connectivity index (χ2v) is 12.9. The number of fused-ring (bicyclic) bond motifs is 2. The molecule has 2 fully saturated rings. The van der Waals surface area contributed by atoms with Crippen molar-refractivity contribution in [2.45, 2.75) is 49.3 Å². The van der Waals surface area contributed by atoms with Crippen molar-refractivity contribution >= 4 is 46.8 Å². The maximum atomic E-state index is 14.6. The molecule has 0 radical (unpaired) electrons. The van der Waals surface area contributed by atoms with Gasteiger partial charge in [-0.3, -0.25) is 14.4 Å². The highest BCUT2D eigenvalue weighted by atomic mass is 35.5. The molecule has 0 bridgehead atoms. The van der Waals surface area contributed by atoms with Gasteiger partial charge in [-0.1, -0.05) is 61.9 Å². The van der Waals surface area contributed by atoms with Gasteiger partial charge in [-0.25, -0.2) is 0 Å². The number of aliphatic hydroxyl groups is 1. The van der Waals surface area contributed by atoms with Crippen LogP contribution in [0, 0.1) is 24.7 Å². The largest absolute Gasteiger partial charge is 0.394 e. The third-order valence-electron chi connectivity index (χ3n) is 8.10. The predicted octanol–water partition coefficient (Wildman–Crippen LogP) is 3.28. The zero-order valence-corrected chi connectivity index (χ0v) is 23.2. The van der Waals surface area contributed by atoms with Crippen molar-refractivity contribution in [2.75, 3.05) is 31.6 Å². The van der Waals surface area contributed by atoms with Crippen LogP contribution in [0.15, 0.2) is 42.5 Å². The van der Waals surface area contributed by atoms with E-state index in [4.69, 9.17) is 11.6 Å². The lowest BCUT2D eigenvalue weighted by atomic mass is 9.78. The van der Waals surface area contributed by atoms with Gasteiger partial charge in [0, 0.05) is 25.4 Å². The number of hydrogen-bond acceptors (Lipinski definition) is 5. The minimum absolute atomic E-state index is 0.0772. The highest BCUT2D eigenvalue weighted by Gasteiger charge is 2.71. The van der Waals surface area contributed by atoms with Gasteiger partial charge >= 0.3 is 0 Å². The summed E-state index contributed by atoms with van der Waals surface area (Å²) < 4.78 is -0.921. The fraction of sp³-hybridized carbons (Fsp3) is 0.536. The molecule has 1 aromatic rings. The average molecular weight is 544 g/mol. The van der Waals surface area contributed by atoms with Gasteiger partial charge in [-0.2, -0.15) is 0 Å². The molecule has 9 heteroatoms. The van der Waals surface area contributed by atoms with Crippen molar-refractivity contribution in [3.63, 3.8) is 0 Å². The van der Waals surface area contributed by atoms with Crippen LogP contribution < -0.4 is 4.90 Å². The Morgan fingerprint density at radius 2 is 1.89 bits per heavy atom. The molecule has 6 atom stereocenters. The fourth-order valence-corrected chi connectivity index (χ4v) is 8.90. The Balaban J connectivity index is 1.68. The number of likely N-dealkylation sites (tertiary alicyclic amines) is 1. The molecule has 1 N–H and O–H groups in total. The van der Waals surface area contributed by atoms with Crippen LogP contribution in [0.25, 0.3) is 0 Å². The standard InChI is InChI=1S/C28H34ClN3O4S/c1-16(2)14-18(15-33)32-24-27(36)31(23-17(3)8-5-9-19(23)29)13-7-11-28(24)22(26(32)35)21-20(37-28)10-6-12-30(4)25(21)34/h5-11,16,18,20-22,24,33H,12-15H2,1-4H3/t18-,20-,21+,22+,24?,28+/m1/s1. The number of hydrogen-bond donors (Lipinski definition) is 1. The van der Waals surface area contributed by atoms with Crippen LogP contribution in [-0.4, -0.2) is 81.5 Å². The van der Waals surface area contributed by atoms with Crippen molar-refractivity contribution < 1.29 is 19.5 Å². The first-order chi connectivity index (χ1) is 17.6. The molecule has 5 rings (SSSR count). The highest BCUT2D eigenvalue weighted by molar-refractivity contribution is 8.02. The van der Waals surface area contributed by atoms with E-state index in [1.807, 2.05) is 57.2 Å². The Hall–Kier alpha value is -2.29. The normalized spacial score (nSPS) is 32.0. The summed E-state index contributed by atoms with van der Waals surface area (Å²) in [4.78, 5) is 47.4. The predicted molar refractivity (Wildman–Crippen MR) is 147 cm³/mol. The van der Waals surface area contributed by atoms with E-state index in [1.165, 1.54) is 0 Å². The maximum Gasteiger partial charge on any atom is 0.251 e. The molecule has 2 saturated heterocycles. The molecule has 4 aliphatic heterocycles. The van der Waals surface area contributed by atoms with E-state index in [2.05, 4.69) is 0 Å². The van der Waals surface area contributed by atoms with Crippen LogP contribution in [0.4, 0.5) is 5.69 Å². The zero-order valence-electron chi connectivity index (χ0n) is 21.6. The lowest BCUT2D eigenvalue weighted by molar-refractivity contribution is -0.144. The molecule has 198 valence electrons. The van der Waals surface area contributed by atoms with Crippen molar-refractivity contribution in [3.8, 4) is 0 Å². The third kappa shape index (κ3) is 4.03. The second-order valence-electron chi connectivity index (χ2n) is 11.0. The third-order valence-corrected chi connectivity index (χ3v) is 10.2. The van der Waals surface area contributed by atoms with E-state index in [9.17, 15) is 19.5 Å². The first-order valence-electron chi connectivity index (χ1n) is 12.9. The monoisotopic (exact) mass is 543 g/mol. The minimum atomic E-state index is -0.921. The van der Waals surface area contributed by atoms with Gasteiger partial charge in [0.05, 0.1) is 39.9 Å². The summed E-state index contributed by atoms with van der Waals surface area (Å²) in [5.41, 5.74) is 1.49. The number of carbonyl (C=O) groups excluding carboxylic acids is 3. The quantitative estimate of drug-likeness (QED) is 0.576. The van der Waals surface area contributed by atoms with Gasteiger partial charge in [0.15, 0.2) is 0 Å². The number of likely N-dealkylation sites (N-methyl/N-ethyl adjacent to an activating group) is 1. The number of aryl methyl sites for hydroxylation is 1. The van der Waals surface area contributed by atoms with Gasteiger partial charge in [-0.15, -0.1) is 11.8 Å². The number of anilines is 1. The van der Waals surface area contributed by atoms with Crippen molar-refractivity contribution in [1.82, 2.24) is 9.80 Å². The molecular formula is C28H34ClN3O4S. The summed E-state index contributed by atoms with van der Waals surface area (Å²) >= 11 is 8.15. The van der Waals surface area contributed by atoms with Crippen LogP contribution in [-0.2, 0) is 14.4 Å². The van der Waals surface area contributed by atoms with Gasteiger partial charge in [0.2, 0.25) is 11.8 Å². The molecule has 0 aromatic heterocycles. The smallest absolute Gasteiger partial charge is 0.251 e. The molecule has 3 amide bonds. The van der Waals surface area contributed by atoms with Crippen LogP contribution in [0.2, 0.25) is 5.02 Å². The first-order valence-corrected chi connectivity index (χ1v) is 14.1. The fourth-order valence-electron chi connectivity index (χ4n) is 6.58. The summed E-state index contributed by atoms with van der Waals surface area (Å²) in [6.07, 6.45) is 8.48. The van der Waals surface area contributed by atoms with Gasteiger partial charge in [0.25, 0.3) is 5.91 Å². The number of halogens is 1. The van der Waals surface area contributed by atoms with Gasteiger partial charge in [-0.05, 0) is 30.9 Å². The summed E-state index contributed by atoms with van der Waals surface area (Å²) in [6.45, 7) is 6.53. The van der Waals surface area contributed by atoms with E-state index in [0.29, 0.717) is 30.2 Å². The van der Waals surface area contributed by atoms with E-state index in [1.54, 1.807) is 39.6 Å². The summed E-state index contributed by atoms with van der Waals surface area (Å²) in [6, 6.07) is 4.13. The number of para-hydroxylation sites is 1. The van der Waals surface area contributed by atoms with Crippen LogP contribution in [0.1, 0.15) is 25.8 Å². The summed E-state index contributed by atoms with van der Waals surface area (Å²) in [5.74, 6) is -1.59. The lowest BCUT2D eigenvalue weighted by Gasteiger charge is -2.39. The molecule has 1 spiro atoms. The van der Waals surface area contributed by atoms with Crippen LogP contribution in [0.3, 0.4) is 0 Å². The van der Waals surface area contributed by atoms with Gasteiger partial charge in [0.1, 0.15) is 6.04 Å². The number of thioether (sulfide) groups is 1. The Morgan fingerprint density at radius 3 is 2.57 bits per heavy atom. The van der Waals surface area contributed by atoms with Crippen molar-refractivity contribution in [1.29, 1.82) is 0 Å². The molecule has 0 aliphatic carbocycles. The lowest BCUT2D eigenvalue weighted by Crippen LogP contribution is -2.57. The molecule has 7 nitrogen and oxygen atoms in total. The number of aliphatic hydroxyl groups excluding tert-OH is 1. The SMILES string of the molecule is Cc1cccc(Cl)c1N1CC=C[C@]23S[C@@H]4C=CCN(C)C(=O)[C@@H]4[C@H]2C(=O)N([C@@H](CO)CC(C)C)C3C1=O. The molecular weight excluding hydrogens is 510 g/mol. The first kappa shape index (κ1) is 26.3. The van der Waals surface area contributed by atoms with E-state index >= 15 is 0 Å². The summed E-state index contributed by atoms with van der Waals surface area (Å²) in [7, 11) is 1.75. The zero-order chi connectivity index (χ0) is 26.6. The minimum Gasteiger partial charge on any atom is -0.394 e. The van der Waals surface area contributed by atoms with Crippen LogP contribution >= 0.6 is 23.4 Å². The van der Waals surface area contributed by atoms with E-state index < -0.39 is 28.7 Å². The second kappa shape index (κ2) is 9.79. The molecule has 1 aromatic carbocycles. The number of nitrogens with zero attached hydrogens (tertiary/aromatic N) is 3. The average Bonchev–Trinajstić information content (AvgIpc) is 3.18. The van der Waals surface area contributed by atoms with Crippen LogP contribution in [0.5, 0.6) is 0 Å². The van der Waals surface area contributed by atoms with Gasteiger partial charge < -0.3 is 19.8 Å². The van der Waals surface area contributed by atoms with E-state index in [0.717, 1.165) is 5.56 Å².